The maximum atomic E-state index is 12.2. The Hall–Kier alpha value is -1.51. The molecule has 0 radical (unpaired) electrons. The summed E-state index contributed by atoms with van der Waals surface area (Å²) in [6.07, 6.45) is 1.83. The highest BCUT2D eigenvalue weighted by Crippen LogP contribution is 2.15. The number of piperidine rings is 1. The summed E-state index contributed by atoms with van der Waals surface area (Å²) in [5, 5.41) is 10.6. The fraction of sp³-hybridized carbons (Fsp3) is 0.571. The molecule has 0 bridgehead atoms. The van der Waals surface area contributed by atoms with Crippen molar-refractivity contribution in [1.82, 2.24) is 9.62 Å². The summed E-state index contributed by atoms with van der Waals surface area (Å²) in [6, 6.07) is 5.55. The van der Waals surface area contributed by atoms with Gasteiger partial charge in [-0.3, -0.25) is 10.1 Å². The lowest BCUT2D eigenvalue weighted by atomic mass is 10.1. The van der Waals surface area contributed by atoms with Crippen molar-refractivity contribution in [2.45, 2.75) is 31.6 Å². The molecule has 1 N–H and O–H groups in total. The number of nitrogens with zero attached hydrogens (tertiary/aromatic N) is 2. The monoisotopic (exact) mass is 327 g/mol. The Morgan fingerprint density at radius 3 is 2.64 bits per heavy atom. The second kappa shape index (κ2) is 7.17. The van der Waals surface area contributed by atoms with Crippen molar-refractivity contribution in [3.8, 4) is 0 Å². The lowest BCUT2D eigenvalue weighted by molar-refractivity contribution is -0.384. The van der Waals surface area contributed by atoms with Crippen LogP contribution in [-0.4, -0.2) is 43.9 Å². The van der Waals surface area contributed by atoms with Crippen LogP contribution in [0.4, 0.5) is 5.69 Å². The second-order valence-electron chi connectivity index (χ2n) is 5.53. The van der Waals surface area contributed by atoms with Gasteiger partial charge in [-0.1, -0.05) is 19.1 Å². The lowest BCUT2D eigenvalue weighted by Gasteiger charge is -2.32. The molecule has 8 heteroatoms. The summed E-state index contributed by atoms with van der Waals surface area (Å²) >= 11 is 0. The standard InChI is InChI=1S/C14H21N3O4S/c1-2-16-9-3-4-13(10-16)15-22(20,21)11-12-5-7-14(8-6-12)17(18)19/h5-8,13,15H,2-4,9-11H2,1H3. The van der Waals surface area contributed by atoms with Gasteiger partial charge in [0, 0.05) is 24.7 Å². The summed E-state index contributed by atoms with van der Waals surface area (Å²) in [5.74, 6) is -0.159. The van der Waals surface area contributed by atoms with E-state index >= 15 is 0 Å². The summed E-state index contributed by atoms with van der Waals surface area (Å²) in [5.41, 5.74) is 0.501. The van der Waals surface area contributed by atoms with Gasteiger partial charge in [0.25, 0.3) is 5.69 Å². The van der Waals surface area contributed by atoms with Gasteiger partial charge in [0.05, 0.1) is 10.7 Å². The van der Waals surface area contributed by atoms with Gasteiger partial charge in [0.15, 0.2) is 0 Å². The molecule has 7 nitrogen and oxygen atoms in total. The molecule has 1 aliphatic rings. The minimum Gasteiger partial charge on any atom is -0.302 e. The van der Waals surface area contributed by atoms with E-state index < -0.39 is 14.9 Å². The molecular weight excluding hydrogens is 306 g/mol. The van der Waals surface area contributed by atoms with Crippen LogP contribution in [0, 0.1) is 10.1 Å². The lowest BCUT2D eigenvalue weighted by Crippen LogP contribution is -2.47. The fourth-order valence-electron chi connectivity index (χ4n) is 2.67. The molecule has 1 saturated heterocycles. The molecule has 22 heavy (non-hydrogen) atoms. The van der Waals surface area contributed by atoms with Crippen LogP contribution in [0.1, 0.15) is 25.3 Å². The van der Waals surface area contributed by atoms with E-state index in [9.17, 15) is 18.5 Å². The number of nitro benzene ring substituents is 1. The number of likely N-dealkylation sites (N-methyl/N-ethyl adjacent to an activating group) is 1. The van der Waals surface area contributed by atoms with Crippen LogP contribution < -0.4 is 4.72 Å². The maximum Gasteiger partial charge on any atom is 0.269 e. The zero-order valence-electron chi connectivity index (χ0n) is 12.6. The minimum absolute atomic E-state index is 0.0417. The highest BCUT2D eigenvalue weighted by molar-refractivity contribution is 7.88. The van der Waals surface area contributed by atoms with Gasteiger partial charge >= 0.3 is 0 Å². The first-order valence-corrected chi connectivity index (χ1v) is 9.00. The molecule has 1 unspecified atom stereocenters. The van der Waals surface area contributed by atoms with E-state index in [1.54, 1.807) is 0 Å². The van der Waals surface area contributed by atoms with E-state index in [4.69, 9.17) is 0 Å². The van der Waals surface area contributed by atoms with E-state index in [2.05, 4.69) is 16.5 Å². The maximum absolute atomic E-state index is 12.2. The molecule has 0 aromatic heterocycles. The van der Waals surface area contributed by atoms with E-state index in [0.29, 0.717) is 5.56 Å². The van der Waals surface area contributed by atoms with Crippen molar-refractivity contribution in [3.63, 3.8) is 0 Å². The second-order valence-corrected chi connectivity index (χ2v) is 7.29. The van der Waals surface area contributed by atoms with Gasteiger partial charge in [0.1, 0.15) is 0 Å². The Bertz CT molecular complexity index is 615. The molecule has 1 aromatic rings. The van der Waals surface area contributed by atoms with E-state index in [-0.39, 0.29) is 17.5 Å². The molecule has 0 saturated carbocycles. The third-order valence-electron chi connectivity index (χ3n) is 3.80. The van der Waals surface area contributed by atoms with E-state index in [1.165, 1.54) is 24.3 Å². The van der Waals surface area contributed by atoms with Crippen LogP contribution in [0.25, 0.3) is 0 Å². The topological polar surface area (TPSA) is 92.6 Å². The fourth-order valence-corrected chi connectivity index (χ4v) is 4.08. The van der Waals surface area contributed by atoms with Gasteiger partial charge < -0.3 is 4.90 Å². The predicted octanol–water partition coefficient (Wildman–Crippen LogP) is 1.50. The van der Waals surface area contributed by atoms with Gasteiger partial charge in [-0.15, -0.1) is 0 Å². The van der Waals surface area contributed by atoms with Gasteiger partial charge in [-0.25, -0.2) is 13.1 Å². The van der Waals surface area contributed by atoms with Crippen LogP contribution in [0.3, 0.4) is 0 Å². The van der Waals surface area contributed by atoms with Crippen molar-refractivity contribution in [1.29, 1.82) is 0 Å². The summed E-state index contributed by atoms with van der Waals surface area (Å²) in [4.78, 5) is 12.3. The Kier molecular flexibility index (Phi) is 5.49. The molecule has 122 valence electrons. The van der Waals surface area contributed by atoms with Crippen LogP contribution in [-0.2, 0) is 15.8 Å². The largest absolute Gasteiger partial charge is 0.302 e. The molecule has 1 heterocycles. The number of rotatable bonds is 6. The minimum atomic E-state index is -3.45. The molecule has 1 aromatic carbocycles. The van der Waals surface area contributed by atoms with Crippen molar-refractivity contribution in [2.75, 3.05) is 19.6 Å². The Labute approximate surface area is 130 Å². The molecule has 0 spiro atoms. The van der Waals surface area contributed by atoms with E-state index in [0.717, 1.165) is 32.5 Å². The average molecular weight is 327 g/mol. The molecule has 1 atom stereocenters. The number of benzene rings is 1. The summed E-state index contributed by atoms with van der Waals surface area (Å²) in [7, 11) is -3.45. The van der Waals surface area contributed by atoms with Crippen LogP contribution in [0.5, 0.6) is 0 Å². The quantitative estimate of drug-likeness (QED) is 0.631. The van der Waals surface area contributed by atoms with Crippen molar-refractivity contribution in [3.05, 3.63) is 39.9 Å². The van der Waals surface area contributed by atoms with Crippen molar-refractivity contribution < 1.29 is 13.3 Å². The van der Waals surface area contributed by atoms with Gasteiger partial charge in [-0.05, 0) is 31.5 Å². The van der Waals surface area contributed by atoms with Crippen LogP contribution >= 0.6 is 0 Å². The summed E-state index contributed by atoms with van der Waals surface area (Å²) < 4.78 is 27.2. The average Bonchev–Trinajstić information content (AvgIpc) is 2.47. The number of nitrogens with one attached hydrogen (secondary N) is 1. The van der Waals surface area contributed by atoms with Crippen molar-refractivity contribution in [2.24, 2.45) is 0 Å². The molecular formula is C14H21N3O4S. The highest BCUT2D eigenvalue weighted by Gasteiger charge is 2.23. The van der Waals surface area contributed by atoms with Gasteiger partial charge in [0.2, 0.25) is 10.0 Å². The first-order valence-electron chi connectivity index (χ1n) is 7.35. The Morgan fingerprint density at radius 2 is 2.05 bits per heavy atom. The first kappa shape index (κ1) is 16.9. The van der Waals surface area contributed by atoms with Crippen molar-refractivity contribution >= 4 is 15.7 Å². The van der Waals surface area contributed by atoms with Gasteiger partial charge in [-0.2, -0.15) is 0 Å². The number of hydrogen-bond acceptors (Lipinski definition) is 5. The number of nitro groups is 1. The number of non-ortho nitro benzene ring substituents is 1. The predicted molar refractivity (Wildman–Crippen MR) is 84.0 cm³/mol. The molecule has 2 rings (SSSR count). The number of hydrogen-bond donors (Lipinski definition) is 1. The molecule has 0 amide bonds. The molecule has 1 fully saturated rings. The highest BCUT2D eigenvalue weighted by atomic mass is 32.2. The first-order chi connectivity index (χ1) is 10.4. The molecule has 0 aliphatic carbocycles. The number of likely N-dealkylation sites (tertiary alicyclic amines) is 1. The van der Waals surface area contributed by atoms with Crippen LogP contribution in [0.2, 0.25) is 0 Å². The number of sulfonamides is 1. The zero-order valence-corrected chi connectivity index (χ0v) is 13.4. The Morgan fingerprint density at radius 1 is 1.36 bits per heavy atom. The summed E-state index contributed by atoms with van der Waals surface area (Å²) in [6.45, 7) is 4.72. The smallest absolute Gasteiger partial charge is 0.269 e. The Balaban J connectivity index is 1.97. The zero-order chi connectivity index (χ0) is 16.2. The SMILES string of the molecule is CCN1CCCC(NS(=O)(=O)Cc2ccc([N+](=O)[O-])cc2)C1. The third-order valence-corrected chi connectivity index (χ3v) is 5.21. The van der Waals surface area contributed by atoms with Crippen LogP contribution in [0.15, 0.2) is 24.3 Å². The normalized spacial score (nSPS) is 20.0. The third kappa shape index (κ3) is 4.75. The molecule has 1 aliphatic heterocycles. The van der Waals surface area contributed by atoms with E-state index in [1.807, 2.05) is 0 Å².